The molecule has 1 aliphatic heterocycles. The van der Waals surface area contributed by atoms with E-state index < -0.39 is 11.5 Å². The normalized spacial score (nSPS) is 32.3. The molecule has 0 aliphatic carbocycles. The number of carboxylic acids is 1. The van der Waals surface area contributed by atoms with Crippen LogP contribution in [0.5, 0.6) is 0 Å². The van der Waals surface area contributed by atoms with Gasteiger partial charge in [-0.25, -0.2) is 0 Å². The zero-order valence-corrected chi connectivity index (χ0v) is 10.5. The van der Waals surface area contributed by atoms with Gasteiger partial charge < -0.3 is 10.4 Å². The van der Waals surface area contributed by atoms with Gasteiger partial charge in [-0.1, -0.05) is 13.8 Å². The Morgan fingerprint density at radius 2 is 2.31 bits per heavy atom. The van der Waals surface area contributed by atoms with Crippen LogP contribution in [0.1, 0.15) is 40.0 Å². The third-order valence-corrected chi connectivity index (χ3v) is 3.77. The maximum Gasteiger partial charge on any atom is 0.324 e. The lowest BCUT2D eigenvalue weighted by molar-refractivity contribution is -0.149. The minimum atomic E-state index is -0.727. The first kappa shape index (κ1) is 13.5. The minimum Gasteiger partial charge on any atom is -0.480 e. The van der Waals surface area contributed by atoms with Gasteiger partial charge in [0.05, 0.1) is 0 Å². The molecule has 4 heteroatoms. The van der Waals surface area contributed by atoms with Gasteiger partial charge in [-0.15, -0.1) is 0 Å². The van der Waals surface area contributed by atoms with Crippen LogP contribution in [0.4, 0.5) is 0 Å². The molecule has 1 saturated heterocycles. The maximum atomic E-state index is 11.6. The number of carbonyl (C=O) groups is 1. The number of hydrogen-bond acceptors (Lipinski definition) is 3. The molecule has 3 atom stereocenters. The van der Waals surface area contributed by atoms with Crippen LogP contribution in [0.2, 0.25) is 0 Å². The van der Waals surface area contributed by atoms with Crippen LogP contribution in [0.15, 0.2) is 0 Å². The molecule has 0 aromatic rings. The van der Waals surface area contributed by atoms with Crippen molar-refractivity contribution in [3.05, 3.63) is 0 Å². The summed E-state index contributed by atoms with van der Waals surface area (Å²) in [5.41, 5.74) is -0.727. The van der Waals surface area contributed by atoms with Crippen molar-refractivity contribution in [2.75, 3.05) is 13.1 Å². The van der Waals surface area contributed by atoms with Gasteiger partial charge in [0, 0.05) is 18.5 Å². The molecule has 4 nitrogen and oxygen atoms in total. The average molecular weight is 228 g/mol. The lowest BCUT2D eigenvalue weighted by Gasteiger charge is -2.43. The van der Waals surface area contributed by atoms with Gasteiger partial charge in [-0.3, -0.25) is 10.1 Å². The van der Waals surface area contributed by atoms with Crippen molar-refractivity contribution in [3.8, 4) is 0 Å². The van der Waals surface area contributed by atoms with Crippen molar-refractivity contribution in [2.45, 2.75) is 51.6 Å². The largest absolute Gasteiger partial charge is 0.480 e. The Bertz CT molecular complexity index is 245. The number of carboxylic acid groups (broad SMARTS) is 1. The number of nitrogens with one attached hydrogen (secondary N) is 2. The summed E-state index contributed by atoms with van der Waals surface area (Å²) in [4.78, 5) is 11.6. The van der Waals surface area contributed by atoms with Crippen LogP contribution in [0.25, 0.3) is 0 Å². The van der Waals surface area contributed by atoms with Crippen molar-refractivity contribution < 1.29 is 9.90 Å². The highest BCUT2D eigenvalue weighted by Gasteiger charge is 2.46. The first-order valence-corrected chi connectivity index (χ1v) is 6.28. The molecule has 1 aliphatic rings. The third-order valence-electron chi connectivity index (χ3n) is 3.77. The fraction of sp³-hybridized carbons (Fsp3) is 0.917. The summed E-state index contributed by atoms with van der Waals surface area (Å²) in [6.07, 6.45) is 2.52. The van der Waals surface area contributed by atoms with E-state index in [0.29, 0.717) is 6.42 Å². The van der Waals surface area contributed by atoms with Crippen molar-refractivity contribution in [1.29, 1.82) is 0 Å². The van der Waals surface area contributed by atoms with E-state index in [1.807, 2.05) is 0 Å². The Kier molecular flexibility index (Phi) is 4.74. The highest BCUT2D eigenvalue weighted by Crippen LogP contribution is 2.28. The van der Waals surface area contributed by atoms with Crippen LogP contribution >= 0.6 is 0 Å². The summed E-state index contributed by atoms with van der Waals surface area (Å²) >= 11 is 0. The van der Waals surface area contributed by atoms with Gasteiger partial charge in [0.1, 0.15) is 5.54 Å². The van der Waals surface area contributed by atoms with Crippen LogP contribution < -0.4 is 10.6 Å². The summed E-state index contributed by atoms with van der Waals surface area (Å²) in [6.45, 7) is 7.78. The molecule has 16 heavy (non-hydrogen) atoms. The number of aliphatic carboxylic acids is 1. The minimum absolute atomic E-state index is 0.174. The molecule has 3 N–H and O–H groups in total. The summed E-state index contributed by atoms with van der Waals surface area (Å²) in [5.74, 6) is -0.520. The Labute approximate surface area is 97.8 Å². The molecule has 1 rings (SSSR count). The molecular weight excluding hydrogens is 204 g/mol. The van der Waals surface area contributed by atoms with Crippen LogP contribution in [-0.4, -0.2) is 35.7 Å². The van der Waals surface area contributed by atoms with Gasteiger partial charge in [-0.05, 0) is 32.7 Å². The predicted octanol–water partition coefficient (Wildman–Crippen LogP) is 1.22. The molecule has 0 radical (unpaired) electrons. The fourth-order valence-corrected chi connectivity index (χ4v) is 2.51. The fourth-order valence-electron chi connectivity index (χ4n) is 2.51. The second kappa shape index (κ2) is 5.64. The summed E-state index contributed by atoms with van der Waals surface area (Å²) in [6, 6.07) is 0.253. The summed E-state index contributed by atoms with van der Waals surface area (Å²) in [5, 5.41) is 16.2. The molecule has 3 unspecified atom stereocenters. The smallest absolute Gasteiger partial charge is 0.324 e. The Morgan fingerprint density at radius 3 is 2.81 bits per heavy atom. The van der Waals surface area contributed by atoms with Gasteiger partial charge in [0.15, 0.2) is 0 Å². The molecule has 0 amide bonds. The van der Waals surface area contributed by atoms with E-state index in [2.05, 4.69) is 31.4 Å². The summed E-state index contributed by atoms with van der Waals surface area (Å²) in [7, 11) is 0. The lowest BCUT2D eigenvalue weighted by atomic mass is 9.76. The van der Waals surface area contributed by atoms with Crippen molar-refractivity contribution in [2.24, 2.45) is 5.92 Å². The van der Waals surface area contributed by atoms with Gasteiger partial charge in [0.25, 0.3) is 0 Å². The van der Waals surface area contributed by atoms with E-state index in [9.17, 15) is 9.90 Å². The average Bonchev–Trinajstić information content (AvgIpc) is 2.29. The highest BCUT2D eigenvalue weighted by atomic mass is 16.4. The molecule has 94 valence electrons. The first-order chi connectivity index (χ1) is 7.56. The number of rotatable bonds is 5. The van der Waals surface area contributed by atoms with Crippen molar-refractivity contribution >= 4 is 5.97 Å². The SMILES string of the molecule is CCC(C)NC1(C(=O)O)CCNCC1CC. The van der Waals surface area contributed by atoms with Gasteiger partial charge in [-0.2, -0.15) is 0 Å². The summed E-state index contributed by atoms with van der Waals surface area (Å²) < 4.78 is 0. The molecule has 1 heterocycles. The highest BCUT2D eigenvalue weighted by molar-refractivity contribution is 5.79. The van der Waals surface area contributed by atoms with Crippen molar-refractivity contribution in [1.82, 2.24) is 10.6 Å². The second-order valence-electron chi connectivity index (χ2n) is 4.79. The van der Waals surface area contributed by atoms with E-state index in [1.54, 1.807) is 0 Å². The zero-order chi connectivity index (χ0) is 12.2. The quantitative estimate of drug-likeness (QED) is 0.662. The van der Waals surface area contributed by atoms with Gasteiger partial charge in [0.2, 0.25) is 0 Å². The monoisotopic (exact) mass is 228 g/mol. The molecule has 1 fully saturated rings. The predicted molar refractivity (Wildman–Crippen MR) is 64.5 cm³/mol. The first-order valence-electron chi connectivity index (χ1n) is 6.28. The van der Waals surface area contributed by atoms with E-state index >= 15 is 0 Å². The third kappa shape index (κ3) is 2.55. The maximum absolute atomic E-state index is 11.6. The lowest BCUT2D eigenvalue weighted by Crippen LogP contribution is -2.65. The molecule has 0 aromatic carbocycles. The van der Waals surface area contributed by atoms with Crippen LogP contribution in [-0.2, 0) is 4.79 Å². The molecule has 0 aromatic heterocycles. The van der Waals surface area contributed by atoms with Crippen LogP contribution in [0.3, 0.4) is 0 Å². The van der Waals surface area contributed by atoms with E-state index in [4.69, 9.17) is 0 Å². The Hall–Kier alpha value is -0.610. The molecular formula is C12H24N2O2. The van der Waals surface area contributed by atoms with E-state index in [-0.39, 0.29) is 12.0 Å². The van der Waals surface area contributed by atoms with Crippen molar-refractivity contribution in [3.63, 3.8) is 0 Å². The van der Waals surface area contributed by atoms with E-state index in [0.717, 1.165) is 25.9 Å². The Balaban J connectivity index is 2.87. The number of piperidine rings is 1. The standard InChI is InChI=1S/C12H24N2O2/c1-4-9(3)14-12(11(15)16)6-7-13-8-10(12)5-2/h9-10,13-14H,4-8H2,1-3H3,(H,15,16). The molecule has 0 bridgehead atoms. The second-order valence-corrected chi connectivity index (χ2v) is 4.79. The number of hydrogen-bond donors (Lipinski definition) is 3. The molecule has 0 spiro atoms. The topological polar surface area (TPSA) is 61.4 Å². The van der Waals surface area contributed by atoms with E-state index in [1.165, 1.54) is 0 Å². The van der Waals surface area contributed by atoms with Crippen LogP contribution in [0, 0.1) is 5.92 Å². The Morgan fingerprint density at radius 1 is 1.62 bits per heavy atom. The molecule has 0 saturated carbocycles. The van der Waals surface area contributed by atoms with Gasteiger partial charge >= 0.3 is 5.97 Å². The zero-order valence-electron chi connectivity index (χ0n) is 10.5.